The molecule has 138 valence electrons. The second-order valence-corrected chi connectivity index (χ2v) is 8.43. The van der Waals surface area contributed by atoms with Gasteiger partial charge in [-0.1, -0.05) is 23.1 Å². The molecule has 0 bridgehead atoms. The van der Waals surface area contributed by atoms with Crippen molar-refractivity contribution in [2.45, 2.75) is 30.0 Å². The molecule has 3 aromatic heterocycles. The number of carbonyl (C=O) groups excluding carboxylic acids is 2. The fraction of sp³-hybridized carbons (Fsp3) is 0.294. The van der Waals surface area contributed by atoms with E-state index in [-0.39, 0.29) is 29.3 Å². The molecule has 0 aliphatic heterocycles. The lowest BCUT2D eigenvalue weighted by molar-refractivity contribution is -0.113. The maximum Gasteiger partial charge on any atom is 0.237 e. The first-order chi connectivity index (χ1) is 13.1. The zero-order valence-electron chi connectivity index (χ0n) is 14.3. The highest BCUT2D eigenvalue weighted by Gasteiger charge is 2.29. The number of thioether (sulfide) groups is 1. The van der Waals surface area contributed by atoms with Gasteiger partial charge in [-0.05, 0) is 19.1 Å². The van der Waals surface area contributed by atoms with Gasteiger partial charge >= 0.3 is 0 Å². The molecular formula is C17H15N5O3S2. The van der Waals surface area contributed by atoms with Crippen LogP contribution in [0.4, 0.5) is 5.95 Å². The number of nitrogens with zero attached hydrogens (tertiary/aromatic N) is 4. The molecule has 0 radical (unpaired) electrons. The van der Waals surface area contributed by atoms with Crippen LogP contribution in [0.15, 0.2) is 33.3 Å². The Labute approximate surface area is 162 Å². The Kier molecular flexibility index (Phi) is 4.99. The minimum atomic E-state index is -0.238. The number of carbonyl (C=O) groups is 2. The number of nitrogens with one attached hydrogen (secondary N) is 1. The summed E-state index contributed by atoms with van der Waals surface area (Å²) in [6.07, 6.45) is 4.02. The van der Waals surface area contributed by atoms with E-state index >= 15 is 0 Å². The van der Waals surface area contributed by atoms with Crippen molar-refractivity contribution in [3.05, 3.63) is 46.6 Å². The molecule has 27 heavy (non-hydrogen) atoms. The van der Waals surface area contributed by atoms with Crippen molar-refractivity contribution in [2.75, 3.05) is 11.1 Å². The van der Waals surface area contributed by atoms with Crippen LogP contribution in [-0.2, 0) is 11.2 Å². The van der Waals surface area contributed by atoms with Crippen molar-refractivity contribution >= 4 is 40.7 Å². The van der Waals surface area contributed by atoms with Crippen LogP contribution in [0.25, 0.3) is 0 Å². The van der Waals surface area contributed by atoms with Crippen molar-refractivity contribution in [2.24, 2.45) is 0 Å². The molecule has 1 aliphatic rings. The van der Waals surface area contributed by atoms with Crippen molar-refractivity contribution in [1.29, 1.82) is 0 Å². The molecule has 3 aromatic rings. The highest BCUT2D eigenvalue weighted by Crippen LogP contribution is 2.32. The first-order valence-corrected chi connectivity index (χ1v) is 10.0. The van der Waals surface area contributed by atoms with E-state index in [9.17, 15) is 9.59 Å². The maximum absolute atomic E-state index is 12.4. The summed E-state index contributed by atoms with van der Waals surface area (Å²) < 4.78 is 6.17. The van der Waals surface area contributed by atoms with E-state index in [4.69, 9.17) is 4.42 Å². The lowest BCUT2D eigenvalue weighted by atomic mass is 9.85. The number of furan rings is 1. The summed E-state index contributed by atoms with van der Waals surface area (Å²) >= 11 is 2.74. The predicted octanol–water partition coefficient (Wildman–Crippen LogP) is 2.87. The topological polar surface area (TPSA) is 111 Å². The Morgan fingerprint density at radius 2 is 2.30 bits per heavy atom. The van der Waals surface area contributed by atoms with Crippen LogP contribution in [0.2, 0.25) is 0 Å². The van der Waals surface area contributed by atoms with Crippen molar-refractivity contribution in [1.82, 2.24) is 20.2 Å². The quantitative estimate of drug-likeness (QED) is 0.650. The maximum atomic E-state index is 12.4. The minimum absolute atomic E-state index is 0.0160. The van der Waals surface area contributed by atoms with Crippen molar-refractivity contribution in [3.8, 4) is 0 Å². The van der Waals surface area contributed by atoms with E-state index in [2.05, 4.69) is 25.5 Å². The van der Waals surface area contributed by atoms with Crippen LogP contribution < -0.4 is 5.32 Å². The molecule has 1 atom stereocenters. The van der Waals surface area contributed by atoms with Gasteiger partial charge in [0.2, 0.25) is 11.9 Å². The van der Waals surface area contributed by atoms with E-state index in [0.717, 1.165) is 15.1 Å². The first-order valence-electron chi connectivity index (χ1n) is 8.24. The number of aromatic nitrogens is 4. The summed E-state index contributed by atoms with van der Waals surface area (Å²) in [6, 6.07) is 3.66. The van der Waals surface area contributed by atoms with Crippen LogP contribution in [0.3, 0.4) is 0 Å². The molecule has 3 heterocycles. The molecule has 0 saturated carbocycles. The smallest absolute Gasteiger partial charge is 0.237 e. The highest BCUT2D eigenvalue weighted by molar-refractivity contribution is 8.01. The number of Topliss-reactive ketones (excluding diaryl/α,β-unsaturated/α-hetero) is 1. The molecule has 1 amide bonds. The Balaban J connectivity index is 1.43. The van der Waals surface area contributed by atoms with Gasteiger partial charge in [0, 0.05) is 25.0 Å². The third-order valence-corrected chi connectivity index (χ3v) is 6.04. The zero-order valence-corrected chi connectivity index (χ0v) is 16.0. The lowest BCUT2D eigenvalue weighted by Crippen LogP contribution is -2.22. The molecule has 0 aromatic carbocycles. The highest BCUT2D eigenvalue weighted by atomic mass is 32.2. The van der Waals surface area contributed by atoms with Crippen LogP contribution in [0, 0.1) is 6.92 Å². The Hall–Kier alpha value is -2.59. The molecule has 1 N–H and O–H groups in total. The van der Waals surface area contributed by atoms with E-state index in [0.29, 0.717) is 24.1 Å². The molecule has 0 saturated heterocycles. The van der Waals surface area contributed by atoms with Crippen LogP contribution in [0.5, 0.6) is 0 Å². The first kappa shape index (κ1) is 17.8. The number of rotatable bonds is 5. The Bertz CT molecular complexity index is 986. The summed E-state index contributed by atoms with van der Waals surface area (Å²) in [6.45, 7) is 1.86. The van der Waals surface area contributed by atoms with Gasteiger partial charge in [0.05, 0.1) is 23.3 Å². The normalized spacial score (nSPS) is 16.2. The van der Waals surface area contributed by atoms with Gasteiger partial charge in [-0.25, -0.2) is 9.97 Å². The number of anilines is 1. The van der Waals surface area contributed by atoms with Gasteiger partial charge in [-0.3, -0.25) is 14.9 Å². The Morgan fingerprint density at radius 1 is 1.41 bits per heavy atom. The molecule has 10 heteroatoms. The van der Waals surface area contributed by atoms with Gasteiger partial charge in [0.25, 0.3) is 0 Å². The second-order valence-electron chi connectivity index (χ2n) is 6.02. The van der Waals surface area contributed by atoms with E-state index in [1.807, 2.05) is 13.0 Å². The van der Waals surface area contributed by atoms with Gasteiger partial charge in [-0.2, -0.15) is 0 Å². The van der Waals surface area contributed by atoms with Crippen molar-refractivity contribution in [3.63, 3.8) is 0 Å². The molecule has 1 aliphatic carbocycles. The Morgan fingerprint density at radius 3 is 3.04 bits per heavy atom. The van der Waals surface area contributed by atoms with Crippen LogP contribution >= 0.6 is 23.1 Å². The van der Waals surface area contributed by atoms with Crippen LogP contribution in [-0.4, -0.2) is 37.6 Å². The van der Waals surface area contributed by atoms with Crippen LogP contribution in [0.1, 0.15) is 39.2 Å². The third kappa shape index (κ3) is 4.06. The molecule has 0 unspecified atom stereocenters. The number of hydrogen-bond donors (Lipinski definition) is 1. The minimum Gasteiger partial charge on any atom is -0.469 e. The fourth-order valence-corrected chi connectivity index (χ4v) is 4.47. The largest absolute Gasteiger partial charge is 0.469 e. The average Bonchev–Trinajstić information content (AvgIpc) is 3.31. The van der Waals surface area contributed by atoms with E-state index in [1.54, 1.807) is 12.3 Å². The van der Waals surface area contributed by atoms with Gasteiger partial charge in [0.15, 0.2) is 10.1 Å². The lowest BCUT2D eigenvalue weighted by Gasteiger charge is -2.21. The average molecular weight is 401 g/mol. The number of aryl methyl sites for hydroxylation is 1. The molecule has 0 fully saturated rings. The molecule has 4 rings (SSSR count). The van der Waals surface area contributed by atoms with Crippen molar-refractivity contribution < 1.29 is 14.0 Å². The monoisotopic (exact) mass is 401 g/mol. The summed E-state index contributed by atoms with van der Waals surface area (Å²) in [7, 11) is 0. The van der Waals surface area contributed by atoms with E-state index < -0.39 is 0 Å². The number of amides is 1. The second kappa shape index (κ2) is 7.57. The third-order valence-electron chi connectivity index (χ3n) is 4.07. The fourth-order valence-electron chi connectivity index (χ4n) is 2.85. The van der Waals surface area contributed by atoms with Gasteiger partial charge < -0.3 is 4.42 Å². The summed E-state index contributed by atoms with van der Waals surface area (Å²) in [5.41, 5.74) is 1.14. The van der Waals surface area contributed by atoms with Gasteiger partial charge in [0.1, 0.15) is 10.8 Å². The predicted molar refractivity (Wildman–Crippen MR) is 100 cm³/mol. The zero-order chi connectivity index (χ0) is 18.8. The summed E-state index contributed by atoms with van der Waals surface area (Å²) in [5.74, 6) is 0.843. The SMILES string of the molecule is Cc1nnc(SCC(=O)Nc2ncc3c(n2)C[C@@H](c2ccco2)CC3=O)s1. The number of fused-ring (bicyclic) bond motifs is 1. The number of hydrogen-bond acceptors (Lipinski definition) is 9. The summed E-state index contributed by atoms with van der Waals surface area (Å²) in [5, 5.41) is 11.4. The molecular weight excluding hydrogens is 386 g/mol. The molecule has 0 spiro atoms. The number of ketones is 1. The summed E-state index contributed by atoms with van der Waals surface area (Å²) in [4.78, 5) is 33.0. The molecule has 8 nitrogen and oxygen atoms in total. The van der Waals surface area contributed by atoms with E-state index in [1.165, 1.54) is 29.3 Å². The standard InChI is InChI=1S/C17H15N5O3S2/c1-9-21-22-17(27-9)26-8-15(24)20-16-18-7-11-12(19-16)5-10(6-13(11)23)14-3-2-4-25-14/h2-4,7,10H,5-6,8H2,1H3,(H,18,19,20,24)/t10-/m1/s1. The van der Waals surface area contributed by atoms with Gasteiger partial charge in [-0.15, -0.1) is 10.2 Å².